The summed E-state index contributed by atoms with van der Waals surface area (Å²) in [5.41, 5.74) is 1.15. The molecule has 16 heavy (non-hydrogen) atoms. The third kappa shape index (κ3) is 1.53. The van der Waals surface area contributed by atoms with Gasteiger partial charge in [0, 0.05) is 11.1 Å². The summed E-state index contributed by atoms with van der Waals surface area (Å²) in [6.45, 7) is 0. The topological polar surface area (TPSA) is 34.1 Å². The first kappa shape index (κ1) is 11.3. The molecule has 0 saturated carbocycles. The summed E-state index contributed by atoms with van der Waals surface area (Å²) in [5.74, 6) is -0.730. The van der Waals surface area contributed by atoms with Crippen molar-refractivity contribution in [3.05, 3.63) is 29.0 Å². The van der Waals surface area contributed by atoms with E-state index in [0.717, 1.165) is 15.5 Å². The monoisotopic (exact) mass is 472 g/mol. The van der Waals surface area contributed by atoms with Crippen LogP contribution in [0.5, 0.6) is 0 Å². The van der Waals surface area contributed by atoms with Crippen LogP contribution >= 0.6 is 67.9 Å². The second-order valence-corrected chi connectivity index (χ2v) is 9.14. The third-order valence-corrected chi connectivity index (χ3v) is 6.26. The minimum absolute atomic E-state index is 0.365. The van der Waals surface area contributed by atoms with Crippen molar-refractivity contribution in [2.75, 3.05) is 0 Å². The van der Waals surface area contributed by atoms with Gasteiger partial charge in [0.25, 0.3) is 0 Å². The summed E-state index contributed by atoms with van der Waals surface area (Å²) < 4.78 is 2.08. The lowest BCUT2D eigenvalue weighted by Gasteiger charge is -2.08. The van der Waals surface area contributed by atoms with Crippen LogP contribution in [0.3, 0.4) is 0 Å². The number of Topliss-reactive ketones (excluding diaryl/α,β-unsaturated/α-hetero) is 2. The van der Waals surface area contributed by atoms with Crippen molar-refractivity contribution in [3.63, 3.8) is 0 Å². The maximum atomic E-state index is 11.9. The highest BCUT2D eigenvalue weighted by Gasteiger charge is 2.33. The lowest BCUT2D eigenvalue weighted by atomic mass is 9.96. The first-order chi connectivity index (χ1) is 7.58. The maximum absolute atomic E-state index is 11.9. The zero-order valence-corrected chi connectivity index (χ0v) is 13.5. The van der Waals surface area contributed by atoms with Crippen molar-refractivity contribution in [1.82, 2.24) is 0 Å². The number of halogens is 2. The fourth-order valence-corrected chi connectivity index (χ4v) is 5.51. The first-order valence-corrected chi connectivity index (χ1v) is 8.05. The predicted molar refractivity (Wildman–Crippen MR) is 81.7 cm³/mol. The summed E-state index contributed by atoms with van der Waals surface area (Å²) in [7, 11) is 0. The van der Waals surface area contributed by atoms with E-state index in [1.54, 1.807) is 34.8 Å². The average Bonchev–Trinajstić information content (AvgIpc) is 2.78. The van der Waals surface area contributed by atoms with Crippen LogP contribution in [-0.4, -0.2) is 11.6 Å². The molecular weight excluding hydrogens is 470 g/mol. The van der Waals surface area contributed by atoms with Crippen LogP contribution < -0.4 is 0 Å². The number of ketones is 2. The molecule has 2 heterocycles. The van der Waals surface area contributed by atoms with Gasteiger partial charge < -0.3 is 0 Å². The van der Waals surface area contributed by atoms with E-state index < -0.39 is 0 Å². The van der Waals surface area contributed by atoms with Crippen LogP contribution in [0.2, 0.25) is 0 Å². The van der Waals surface area contributed by atoms with Crippen LogP contribution in [-0.2, 0) is 0 Å². The molecule has 0 unspecified atom stereocenters. The minimum Gasteiger partial charge on any atom is -0.285 e. The Hall–Kier alpha value is 0.200. The van der Waals surface area contributed by atoms with Gasteiger partial charge in [0.15, 0.2) is 0 Å². The second kappa shape index (κ2) is 3.85. The third-order valence-electron chi connectivity index (χ3n) is 2.31. The number of carbonyl (C=O) groups excluding carboxylic acids is 2. The van der Waals surface area contributed by atoms with Gasteiger partial charge in [-0.15, -0.1) is 22.7 Å². The number of fused-ring (bicyclic) bond motifs is 3. The van der Waals surface area contributed by atoms with Crippen LogP contribution in [0.25, 0.3) is 9.75 Å². The molecule has 0 N–H and O–H groups in total. The van der Waals surface area contributed by atoms with Crippen molar-refractivity contribution in [1.29, 1.82) is 0 Å². The Morgan fingerprint density at radius 2 is 1.19 bits per heavy atom. The Balaban J connectivity index is 2.40. The van der Waals surface area contributed by atoms with Crippen molar-refractivity contribution in [2.24, 2.45) is 0 Å². The molecular formula is C10H2I2O2S2. The van der Waals surface area contributed by atoms with Crippen molar-refractivity contribution in [3.8, 4) is 9.75 Å². The summed E-state index contributed by atoms with van der Waals surface area (Å²) >= 11 is 7.51. The lowest BCUT2D eigenvalue weighted by molar-refractivity contribution is 0.0816. The molecule has 0 spiro atoms. The van der Waals surface area contributed by atoms with Gasteiger partial charge in [0.2, 0.25) is 11.6 Å². The molecule has 2 aromatic rings. The highest BCUT2D eigenvalue weighted by Crippen LogP contribution is 2.44. The Morgan fingerprint density at radius 3 is 1.56 bits per heavy atom. The van der Waals surface area contributed by atoms with Crippen molar-refractivity contribution in [2.45, 2.75) is 0 Å². The molecule has 6 heteroatoms. The molecule has 0 bridgehead atoms. The maximum Gasteiger partial charge on any atom is 0.235 e. The van der Waals surface area contributed by atoms with Gasteiger partial charge in [-0.05, 0) is 57.3 Å². The zero-order valence-electron chi connectivity index (χ0n) is 7.54. The quantitative estimate of drug-likeness (QED) is 0.429. The van der Waals surface area contributed by atoms with E-state index >= 15 is 0 Å². The molecule has 0 radical (unpaired) electrons. The average molecular weight is 472 g/mol. The lowest BCUT2D eigenvalue weighted by Crippen LogP contribution is -2.18. The van der Waals surface area contributed by atoms with Gasteiger partial charge in [-0.1, -0.05) is 0 Å². The Bertz CT molecular complexity index is 583. The Labute approximate surface area is 126 Å². The fraction of sp³-hybridized carbons (Fsp3) is 0. The minimum atomic E-state index is -0.365. The molecule has 0 atom stereocenters. The van der Waals surface area contributed by atoms with E-state index in [2.05, 4.69) is 45.2 Å². The second-order valence-electron chi connectivity index (χ2n) is 3.24. The molecule has 1 aliphatic carbocycles. The molecule has 80 valence electrons. The van der Waals surface area contributed by atoms with Crippen LogP contribution in [0, 0.1) is 5.77 Å². The molecule has 0 fully saturated rings. The van der Waals surface area contributed by atoms with Gasteiger partial charge in [0.05, 0.1) is 15.5 Å². The Kier molecular flexibility index (Phi) is 2.72. The van der Waals surface area contributed by atoms with Crippen molar-refractivity contribution >= 4 is 79.4 Å². The zero-order chi connectivity index (χ0) is 11.4. The number of carbonyl (C=O) groups is 2. The first-order valence-electron chi connectivity index (χ1n) is 4.26. The molecule has 0 saturated heterocycles. The summed E-state index contributed by atoms with van der Waals surface area (Å²) in [6.07, 6.45) is 0. The van der Waals surface area contributed by atoms with Gasteiger partial charge in [-0.25, -0.2) is 0 Å². The standard InChI is InChI=1S/C10H2I2O2S2/c11-5-1-3-7(13)8(14)4-2-6(12)16-10(4)9(3)15-5/h1-2H. The molecule has 0 aliphatic heterocycles. The summed E-state index contributed by atoms with van der Waals surface area (Å²) in [4.78, 5) is 25.6. The number of hydrogen-bond donors (Lipinski definition) is 0. The summed E-state index contributed by atoms with van der Waals surface area (Å²) in [5, 5.41) is 0. The molecule has 1 aliphatic rings. The molecule has 0 aromatic carbocycles. The number of rotatable bonds is 0. The summed E-state index contributed by atoms with van der Waals surface area (Å²) in [6, 6.07) is 3.60. The number of thiophene rings is 2. The highest BCUT2D eigenvalue weighted by atomic mass is 127. The van der Waals surface area contributed by atoms with Crippen LogP contribution in [0.15, 0.2) is 12.1 Å². The fourth-order valence-electron chi connectivity index (χ4n) is 1.64. The number of hydrogen-bond acceptors (Lipinski definition) is 4. The van der Waals surface area contributed by atoms with Crippen LogP contribution in [0.4, 0.5) is 0 Å². The van der Waals surface area contributed by atoms with E-state index in [0.29, 0.717) is 11.1 Å². The molecule has 2 aromatic heterocycles. The van der Waals surface area contributed by atoms with Gasteiger partial charge >= 0.3 is 0 Å². The van der Waals surface area contributed by atoms with E-state index in [1.165, 1.54) is 0 Å². The van der Waals surface area contributed by atoms with E-state index in [4.69, 9.17) is 0 Å². The predicted octanol–water partition coefficient (Wildman–Crippen LogP) is 4.06. The Morgan fingerprint density at radius 1 is 0.812 bits per heavy atom. The normalized spacial score (nSPS) is 13.9. The van der Waals surface area contributed by atoms with E-state index in [-0.39, 0.29) is 11.6 Å². The molecule has 3 rings (SSSR count). The highest BCUT2D eigenvalue weighted by molar-refractivity contribution is 14.1. The smallest absolute Gasteiger partial charge is 0.235 e. The van der Waals surface area contributed by atoms with Gasteiger partial charge in [0.1, 0.15) is 0 Å². The molecule has 0 amide bonds. The van der Waals surface area contributed by atoms with Crippen LogP contribution in [0.1, 0.15) is 20.7 Å². The largest absolute Gasteiger partial charge is 0.285 e. The van der Waals surface area contributed by atoms with Crippen molar-refractivity contribution < 1.29 is 9.59 Å². The molecule has 2 nitrogen and oxygen atoms in total. The van der Waals surface area contributed by atoms with E-state index in [1.807, 2.05) is 0 Å². The van der Waals surface area contributed by atoms with E-state index in [9.17, 15) is 9.59 Å². The SMILES string of the molecule is O=C1C(=O)c2cc(I)sc2-c2sc(I)cc21. The van der Waals surface area contributed by atoms with Gasteiger partial charge in [-0.2, -0.15) is 0 Å². The van der Waals surface area contributed by atoms with Gasteiger partial charge in [-0.3, -0.25) is 9.59 Å².